The van der Waals surface area contributed by atoms with Crippen LogP contribution in [0.3, 0.4) is 0 Å². The number of nitrogens with zero attached hydrogens (tertiary/aromatic N) is 5. The molecule has 0 aliphatic carbocycles. The van der Waals surface area contributed by atoms with E-state index < -0.39 is 0 Å². The second-order valence-electron chi connectivity index (χ2n) is 7.13. The van der Waals surface area contributed by atoms with Gasteiger partial charge in [0.2, 0.25) is 0 Å². The van der Waals surface area contributed by atoms with Gasteiger partial charge in [-0.15, -0.1) is 11.3 Å². The van der Waals surface area contributed by atoms with Gasteiger partial charge in [0, 0.05) is 31.6 Å². The Balaban J connectivity index is 1.82. The number of aromatic nitrogens is 3. The van der Waals surface area contributed by atoms with Gasteiger partial charge in [-0.25, -0.2) is 9.98 Å². The smallest absolute Gasteiger partial charge is 0.111 e. The molecule has 0 amide bonds. The summed E-state index contributed by atoms with van der Waals surface area (Å²) in [6, 6.07) is 4.39. The molecule has 3 rings (SSSR count). The highest BCUT2D eigenvalue weighted by Crippen LogP contribution is 2.28. The van der Waals surface area contributed by atoms with E-state index in [1.165, 1.54) is 16.7 Å². The summed E-state index contributed by atoms with van der Waals surface area (Å²) in [7, 11) is 2.03. The minimum absolute atomic E-state index is 0.814. The van der Waals surface area contributed by atoms with E-state index in [0.29, 0.717) is 0 Å². The summed E-state index contributed by atoms with van der Waals surface area (Å²) in [5, 5.41) is 3.16. The zero-order chi connectivity index (χ0) is 20.3. The summed E-state index contributed by atoms with van der Waals surface area (Å²) >= 11 is 1.67. The summed E-state index contributed by atoms with van der Waals surface area (Å²) in [5.41, 5.74) is 8.34. The van der Waals surface area contributed by atoms with Crippen molar-refractivity contribution in [2.45, 2.75) is 41.0 Å². The molecule has 0 atom stereocenters. The van der Waals surface area contributed by atoms with E-state index in [9.17, 15) is 0 Å². The average Bonchev–Trinajstić information content (AvgIpc) is 3.11. The monoisotopic (exact) mass is 393 g/mol. The molecule has 0 unspecified atom stereocenters. The summed E-state index contributed by atoms with van der Waals surface area (Å²) in [4.78, 5) is 20.5. The predicted molar refractivity (Wildman–Crippen MR) is 118 cm³/mol. The first kappa shape index (κ1) is 20.1. The van der Waals surface area contributed by atoms with Crippen LogP contribution in [0.2, 0.25) is 0 Å². The first-order chi connectivity index (χ1) is 13.4. The minimum atomic E-state index is 0.814. The average molecular weight is 394 g/mol. The molecule has 6 heteroatoms. The molecule has 0 aliphatic heterocycles. The molecule has 0 saturated carbocycles. The molecule has 0 aliphatic rings. The lowest BCUT2D eigenvalue weighted by atomic mass is 10.0. The zero-order valence-electron chi connectivity index (χ0n) is 17.4. The van der Waals surface area contributed by atoms with Crippen LogP contribution in [0.5, 0.6) is 0 Å². The van der Waals surface area contributed by atoms with Gasteiger partial charge in [0.15, 0.2) is 0 Å². The van der Waals surface area contributed by atoms with Crippen LogP contribution in [-0.4, -0.2) is 39.8 Å². The lowest BCUT2D eigenvalue weighted by molar-refractivity contribution is 0.552. The zero-order valence-corrected chi connectivity index (χ0v) is 18.3. The third-order valence-electron chi connectivity index (χ3n) is 4.75. The molecule has 0 bridgehead atoms. The quantitative estimate of drug-likeness (QED) is 0.435. The topological polar surface area (TPSA) is 54.3 Å². The first-order valence-corrected chi connectivity index (χ1v) is 10.3. The van der Waals surface area contributed by atoms with Gasteiger partial charge in [-0.05, 0) is 57.4 Å². The van der Waals surface area contributed by atoms with E-state index in [2.05, 4.69) is 58.1 Å². The maximum atomic E-state index is 4.81. The molecule has 0 N–H and O–H groups in total. The van der Waals surface area contributed by atoms with Gasteiger partial charge >= 0.3 is 0 Å². The van der Waals surface area contributed by atoms with Gasteiger partial charge in [0.25, 0.3) is 0 Å². The second-order valence-corrected chi connectivity index (χ2v) is 8.07. The summed E-state index contributed by atoms with van der Waals surface area (Å²) in [6.45, 7) is 11.2. The van der Waals surface area contributed by atoms with Gasteiger partial charge in [0.05, 0.1) is 28.4 Å². The van der Waals surface area contributed by atoms with Gasteiger partial charge in [-0.1, -0.05) is 6.07 Å². The Kier molecular flexibility index (Phi) is 6.19. The predicted octanol–water partition coefficient (Wildman–Crippen LogP) is 5.04. The number of benzene rings is 1. The lowest BCUT2D eigenvalue weighted by Gasteiger charge is -2.11. The Morgan fingerprint density at radius 2 is 1.89 bits per heavy atom. The lowest BCUT2D eigenvalue weighted by Crippen LogP contribution is -2.14. The number of aryl methyl sites for hydroxylation is 4. The Hall–Kier alpha value is -2.60. The standard InChI is InChI=1S/C22H27N5S/c1-7-27(6)13-24-19-9-14(2)18(8-15(19)3)10-21-26-20(12-28-21)22-17(5)25-16(4)11-23-22/h8-9,11-13H,7,10H2,1-6H3/b24-13-. The van der Waals surface area contributed by atoms with Crippen LogP contribution in [0.15, 0.2) is 28.7 Å². The van der Waals surface area contributed by atoms with E-state index in [0.717, 1.165) is 46.4 Å². The van der Waals surface area contributed by atoms with Crippen molar-refractivity contribution >= 4 is 23.4 Å². The molecular weight excluding hydrogens is 366 g/mol. The summed E-state index contributed by atoms with van der Waals surface area (Å²) in [6.07, 6.45) is 4.50. The van der Waals surface area contributed by atoms with Crippen molar-refractivity contribution in [2.75, 3.05) is 13.6 Å². The SMILES string of the molecule is CCN(C)/C=N\c1cc(C)c(Cc2nc(-c3ncc(C)nc3C)cs2)cc1C. The molecular formula is C22H27N5S. The number of hydrogen-bond donors (Lipinski definition) is 0. The van der Waals surface area contributed by atoms with Crippen LogP contribution >= 0.6 is 11.3 Å². The highest BCUT2D eigenvalue weighted by atomic mass is 32.1. The van der Waals surface area contributed by atoms with Crippen LogP contribution in [0.4, 0.5) is 5.69 Å². The molecule has 0 saturated heterocycles. The second kappa shape index (κ2) is 8.61. The minimum Gasteiger partial charge on any atom is -0.366 e. The molecule has 5 nitrogen and oxygen atoms in total. The molecule has 1 aromatic carbocycles. The number of thiazole rings is 1. The third kappa shape index (κ3) is 4.62. The molecule has 2 heterocycles. The molecule has 0 fully saturated rings. The van der Waals surface area contributed by atoms with E-state index >= 15 is 0 Å². The van der Waals surface area contributed by atoms with Gasteiger partial charge in [0.1, 0.15) is 11.4 Å². The normalized spacial score (nSPS) is 11.4. The highest BCUT2D eigenvalue weighted by molar-refractivity contribution is 7.10. The Morgan fingerprint density at radius 1 is 1.11 bits per heavy atom. The summed E-state index contributed by atoms with van der Waals surface area (Å²) < 4.78 is 0. The fraction of sp³-hybridized carbons (Fsp3) is 0.364. The number of aliphatic imine (C=N–C) groups is 1. The van der Waals surface area contributed by atoms with Crippen molar-refractivity contribution in [3.63, 3.8) is 0 Å². The van der Waals surface area contributed by atoms with Crippen LogP contribution in [0.25, 0.3) is 11.4 Å². The molecule has 28 heavy (non-hydrogen) atoms. The Labute approximate surface area is 171 Å². The largest absolute Gasteiger partial charge is 0.366 e. The van der Waals surface area contributed by atoms with Crippen LogP contribution < -0.4 is 0 Å². The van der Waals surface area contributed by atoms with Crippen molar-refractivity contribution in [3.8, 4) is 11.4 Å². The van der Waals surface area contributed by atoms with E-state index in [1.54, 1.807) is 17.5 Å². The third-order valence-corrected chi connectivity index (χ3v) is 5.60. The van der Waals surface area contributed by atoms with Crippen molar-refractivity contribution in [3.05, 3.63) is 56.8 Å². The van der Waals surface area contributed by atoms with Gasteiger partial charge in [-0.3, -0.25) is 9.97 Å². The van der Waals surface area contributed by atoms with Gasteiger partial charge in [-0.2, -0.15) is 0 Å². The Bertz CT molecular complexity index is 1010. The molecule has 3 aromatic rings. The summed E-state index contributed by atoms with van der Waals surface area (Å²) in [5.74, 6) is 0. The fourth-order valence-corrected chi connectivity index (χ4v) is 3.75. The molecule has 2 aromatic heterocycles. The van der Waals surface area contributed by atoms with Crippen molar-refractivity contribution in [1.82, 2.24) is 19.9 Å². The van der Waals surface area contributed by atoms with Crippen molar-refractivity contribution < 1.29 is 0 Å². The number of hydrogen-bond acceptors (Lipinski definition) is 5. The molecule has 146 valence electrons. The van der Waals surface area contributed by atoms with E-state index in [4.69, 9.17) is 4.98 Å². The first-order valence-electron chi connectivity index (χ1n) is 9.47. The highest BCUT2D eigenvalue weighted by Gasteiger charge is 2.12. The number of rotatable bonds is 6. The van der Waals surface area contributed by atoms with Gasteiger partial charge < -0.3 is 4.90 Å². The van der Waals surface area contributed by atoms with Crippen LogP contribution in [0.1, 0.15) is 40.0 Å². The fourth-order valence-electron chi connectivity index (χ4n) is 2.95. The van der Waals surface area contributed by atoms with Crippen LogP contribution in [-0.2, 0) is 6.42 Å². The Morgan fingerprint density at radius 3 is 2.61 bits per heavy atom. The maximum absolute atomic E-state index is 4.81. The van der Waals surface area contributed by atoms with Crippen molar-refractivity contribution in [1.29, 1.82) is 0 Å². The van der Waals surface area contributed by atoms with Crippen LogP contribution in [0, 0.1) is 27.7 Å². The molecule has 0 radical (unpaired) electrons. The molecule has 0 spiro atoms. The van der Waals surface area contributed by atoms with Crippen molar-refractivity contribution in [2.24, 2.45) is 4.99 Å². The van der Waals surface area contributed by atoms with E-state index in [1.807, 2.05) is 27.2 Å². The van der Waals surface area contributed by atoms with E-state index in [-0.39, 0.29) is 0 Å². The maximum Gasteiger partial charge on any atom is 0.111 e.